The number of aromatic nitrogens is 6. The van der Waals surface area contributed by atoms with Gasteiger partial charge in [0, 0.05) is 61.3 Å². The Hall–Kier alpha value is -5.21. The summed E-state index contributed by atoms with van der Waals surface area (Å²) in [5.74, 6) is 2.87. The van der Waals surface area contributed by atoms with Gasteiger partial charge in [0.2, 0.25) is 11.1 Å². The number of rotatable bonds is 10. The number of methoxy groups -OCH3 is 1. The first-order valence-electron chi connectivity index (χ1n) is 16.3. The van der Waals surface area contributed by atoms with Crippen LogP contribution in [0.2, 0.25) is 0 Å². The van der Waals surface area contributed by atoms with Crippen LogP contribution in [0.25, 0.3) is 16.9 Å². The number of aryl methyl sites for hydroxylation is 2. The number of nitrogens with one attached hydrogen (secondary N) is 1. The van der Waals surface area contributed by atoms with Crippen LogP contribution in [-0.2, 0) is 37.8 Å². The summed E-state index contributed by atoms with van der Waals surface area (Å²) >= 11 is 0. The number of benzene rings is 2. The van der Waals surface area contributed by atoms with E-state index in [4.69, 9.17) is 9.47 Å². The van der Waals surface area contributed by atoms with Gasteiger partial charge >= 0.3 is 0 Å². The van der Waals surface area contributed by atoms with Crippen molar-refractivity contribution in [1.82, 2.24) is 29.5 Å². The molecule has 4 aromatic heterocycles. The third-order valence-electron chi connectivity index (χ3n) is 8.31. The zero-order chi connectivity index (χ0) is 36.1. The second-order valence-electron chi connectivity index (χ2n) is 12.1. The second kappa shape index (κ2) is 15.8. The minimum absolute atomic E-state index is 0.269. The lowest BCUT2D eigenvalue weighted by Crippen LogP contribution is -2.13. The van der Waals surface area contributed by atoms with E-state index in [-0.39, 0.29) is 5.75 Å². The van der Waals surface area contributed by atoms with Crippen molar-refractivity contribution >= 4 is 44.2 Å². The van der Waals surface area contributed by atoms with Gasteiger partial charge < -0.3 is 19.4 Å². The first kappa shape index (κ1) is 35.6. The fourth-order valence-electron chi connectivity index (χ4n) is 5.77. The number of imidazole rings is 2. The Balaban J connectivity index is 0.000000177. The van der Waals surface area contributed by atoms with Crippen molar-refractivity contribution in [3.63, 3.8) is 0 Å². The van der Waals surface area contributed by atoms with E-state index in [9.17, 15) is 8.42 Å². The van der Waals surface area contributed by atoms with Crippen molar-refractivity contribution in [2.75, 3.05) is 39.3 Å². The van der Waals surface area contributed by atoms with Gasteiger partial charge in [0.05, 0.1) is 63.5 Å². The molecule has 0 spiro atoms. The number of hydrogen-bond acceptors (Lipinski definition) is 10. The summed E-state index contributed by atoms with van der Waals surface area (Å²) < 4.78 is 38.5. The van der Waals surface area contributed by atoms with Crippen LogP contribution in [0.15, 0.2) is 94.7 Å². The summed E-state index contributed by atoms with van der Waals surface area (Å²) in [6.07, 6.45) is 6.95. The minimum atomic E-state index is -1.35. The van der Waals surface area contributed by atoms with Crippen LogP contribution < -0.4 is 9.64 Å². The van der Waals surface area contributed by atoms with E-state index >= 15 is 0 Å². The molecule has 51 heavy (non-hydrogen) atoms. The van der Waals surface area contributed by atoms with Gasteiger partial charge in [-0.2, -0.15) is 0 Å². The molecule has 0 amide bonds. The highest BCUT2D eigenvalue weighted by molar-refractivity contribution is 7.84. The second-order valence-corrected chi connectivity index (χ2v) is 14.8. The number of ether oxygens (including phenoxy) is 2. The number of H-pyrrole nitrogens is 1. The number of hydrogen-bond donors (Lipinski definition) is 1. The molecule has 0 radical (unpaired) electrons. The lowest BCUT2D eigenvalue weighted by molar-refractivity contribution is 0.348. The normalized spacial score (nSPS) is 13.6. The van der Waals surface area contributed by atoms with Crippen LogP contribution in [0.1, 0.15) is 33.5 Å². The van der Waals surface area contributed by atoms with Gasteiger partial charge in [-0.15, -0.1) is 0 Å². The molecule has 264 valence electrons. The largest absolute Gasteiger partial charge is 0.496 e. The Morgan fingerprint density at radius 2 is 1.76 bits per heavy atom. The van der Waals surface area contributed by atoms with Crippen molar-refractivity contribution in [2.24, 2.45) is 4.99 Å². The highest BCUT2D eigenvalue weighted by Gasteiger charge is 2.19. The number of nitrogens with zero attached hydrogens (tertiary/aromatic N) is 7. The van der Waals surface area contributed by atoms with Crippen LogP contribution in [0.5, 0.6) is 5.75 Å². The maximum Gasteiger partial charge on any atom is 0.216 e. The van der Waals surface area contributed by atoms with Gasteiger partial charge in [0.15, 0.2) is 5.16 Å². The van der Waals surface area contributed by atoms with Crippen molar-refractivity contribution in [1.29, 1.82) is 0 Å². The predicted octanol–water partition coefficient (Wildman–Crippen LogP) is 5.62. The number of para-hydroxylation sites is 1. The van der Waals surface area contributed by atoms with Gasteiger partial charge in [-0.05, 0) is 62.2 Å². The highest BCUT2D eigenvalue weighted by atomic mass is 32.2. The maximum atomic E-state index is 12.9. The Kier molecular flexibility index (Phi) is 11.0. The summed E-state index contributed by atoms with van der Waals surface area (Å²) in [5, 5.41) is 0.947. The fraction of sp³-hybridized carbons (Fsp3) is 0.270. The molecule has 6 aromatic rings. The summed E-state index contributed by atoms with van der Waals surface area (Å²) in [6.45, 7) is 7.14. The Morgan fingerprint density at radius 1 is 0.941 bits per heavy atom. The van der Waals surface area contributed by atoms with Crippen molar-refractivity contribution in [3.05, 3.63) is 113 Å². The maximum absolute atomic E-state index is 12.9. The molecular weight excluding hydrogens is 685 g/mol. The number of aliphatic imine (C=N–C) groups is 1. The molecule has 0 fully saturated rings. The van der Waals surface area contributed by atoms with E-state index in [1.54, 1.807) is 31.9 Å². The fourth-order valence-corrected chi connectivity index (χ4v) is 8.07. The van der Waals surface area contributed by atoms with Gasteiger partial charge in [-0.1, -0.05) is 24.3 Å². The molecule has 2 unspecified atom stereocenters. The molecule has 2 aromatic carbocycles. The minimum Gasteiger partial charge on any atom is -0.496 e. The third-order valence-corrected chi connectivity index (χ3v) is 10.7. The standard InChI is InChI=1S/C19H20N4O3S.C18H20N4OS/c1-11-9-21-16(12(2)17(11)25-3)10-27(24)19-22-14-5-4-13(8-15(14)23-19)18-20-6-7-26-18;1-14-7-6-10-19-17(14)22-12-11-20-18(22)24(23)13-15-8-4-5-9-16(15)21(2)3/h4-5,8-9H,6-7,10H2,1-3H3,(H,22,23);4-12H,13H2,1-3H3. The lowest BCUT2D eigenvalue weighted by atomic mass is 10.1. The molecule has 7 rings (SSSR count). The Labute approximate surface area is 301 Å². The summed E-state index contributed by atoms with van der Waals surface area (Å²) in [5.41, 5.74) is 8.17. The molecule has 0 saturated heterocycles. The molecule has 0 bridgehead atoms. The first-order valence-corrected chi connectivity index (χ1v) is 18.9. The van der Waals surface area contributed by atoms with Crippen LogP contribution in [0.3, 0.4) is 0 Å². The topological polar surface area (TPSA) is 140 Å². The van der Waals surface area contributed by atoms with E-state index in [2.05, 4.69) is 29.9 Å². The van der Waals surface area contributed by atoms with Gasteiger partial charge in [0.1, 0.15) is 18.2 Å². The molecule has 1 aliphatic rings. The van der Waals surface area contributed by atoms with Crippen LogP contribution in [0, 0.1) is 20.8 Å². The van der Waals surface area contributed by atoms with E-state index < -0.39 is 21.6 Å². The molecule has 2 atom stereocenters. The molecule has 0 aliphatic carbocycles. The van der Waals surface area contributed by atoms with Crippen LogP contribution in [-0.4, -0.2) is 78.2 Å². The first-order chi connectivity index (χ1) is 24.6. The molecule has 1 N–H and O–H groups in total. The molecule has 1 aliphatic heterocycles. The van der Waals surface area contributed by atoms with Crippen molar-refractivity contribution < 1.29 is 17.9 Å². The molecule has 12 nitrogen and oxygen atoms in total. The number of aromatic amines is 1. The van der Waals surface area contributed by atoms with Gasteiger partial charge in [-0.3, -0.25) is 18.0 Å². The summed E-state index contributed by atoms with van der Waals surface area (Å²) in [4.78, 5) is 27.1. The van der Waals surface area contributed by atoms with Gasteiger partial charge in [0.25, 0.3) is 0 Å². The van der Waals surface area contributed by atoms with Crippen molar-refractivity contribution in [2.45, 2.75) is 42.6 Å². The number of anilines is 1. The van der Waals surface area contributed by atoms with Crippen molar-refractivity contribution in [3.8, 4) is 11.6 Å². The summed E-state index contributed by atoms with van der Waals surface area (Å²) in [7, 11) is 2.99. The molecule has 14 heteroatoms. The molecular formula is C37H40N8O4S2. The quantitative estimate of drug-likeness (QED) is 0.191. The Morgan fingerprint density at radius 3 is 2.51 bits per heavy atom. The zero-order valence-electron chi connectivity index (χ0n) is 29.4. The van der Waals surface area contributed by atoms with E-state index in [1.807, 2.05) is 98.9 Å². The van der Waals surface area contributed by atoms with E-state index in [0.29, 0.717) is 35.1 Å². The Bertz CT molecular complexity index is 2260. The monoisotopic (exact) mass is 724 g/mol. The van der Waals surface area contributed by atoms with Gasteiger partial charge in [-0.25, -0.2) is 19.9 Å². The van der Waals surface area contributed by atoms with E-state index in [0.717, 1.165) is 61.8 Å². The molecule has 5 heterocycles. The number of fused-ring (bicyclic) bond motifs is 1. The average molecular weight is 725 g/mol. The van der Waals surface area contributed by atoms with Crippen LogP contribution in [0.4, 0.5) is 5.69 Å². The lowest BCUT2D eigenvalue weighted by Gasteiger charge is -2.17. The zero-order valence-corrected chi connectivity index (χ0v) is 31.0. The predicted molar refractivity (Wildman–Crippen MR) is 201 cm³/mol. The smallest absolute Gasteiger partial charge is 0.216 e. The number of pyridine rings is 2. The molecule has 0 saturated carbocycles. The third kappa shape index (κ3) is 7.92. The SMILES string of the molecule is COc1c(C)cnc(CS(=O)c2nc3ccc(C4=NCCO4)cc3[nH]2)c1C.Cc1cccnc1-n1ccnc1S(=O)Cc1ccccc1N(C)C. The summed E-state index contributed by atoms with van der Waals surface area (Å²) in [6, 6.07) is 17.6. The van der Waals surface area contributed by atoms with E-state index in [1.165, 1.54) is 0 Å². The van der Waals surface area contributed by atoms with Crippen LogP contribution >= 0.6 is 0 Å². The highest BCUT2D eigenvalue weighted by Crippen LogP contribution is 2.26. The average Bonchev–Trinajstić information content (AvgIpc) is 3.92.